The summed E-state index contributed by atoms with van der Waals surface area (Å²) >= 11 is 0. The van der Waals surface area contributed by atoms with Crippen molar-refractivity contribution in [3.63, 3.8) is 0 Å². The molecule has 1 fully saturated rings. The van der Waals surface area contributed by atoms with Crippen LogP contribution in [0.4, 0.5) is 4.79 Å². The number of likely N-dealkylation sites (tertiary alicyclic amines) is 1. The van der Waals surface area contributed by atoms with Crippen molar-refractivity contribution in [2.75, 3.05) is 19.7 Å². The van der Waals surface area contributed by atoms with Gasteiger partial charge in [0.1, 0.15) is 0 Å². The Hall–Kier alpha value is -1.34. The van der Waals surface area contributed by atoms with Crippen LogP contribution in [-0.2, 0) is 9.63 Å². The minimum Gasteiger partial charge on any atom is -0.479 e. The molecular formula is C8H15N3O4. The summed E-state index contributed by atoms with van der Waals surface area (Å²) in [6, 6.07) is -0.267. The molecule has 86 valence electrons. The SMILES string of the molecule is NC1CCN(C(=O)NOCC(=O)O)CC1. The standard InChI is InChI=1S/C8H15N3O4/c9-6-1-3-11(4-2-6)8(14)10-15-5-7(12)13/h6H,1-5,9H2,(H,10,14)(H,12,13). The van der Waals surface area contributed by atoms with Crippen molar-refractivity contribution < 1.29 is 19.5 Å². The van der Waals surface area contributed by atoms with E-state index in [-0.39, 0.29) is 6.04 Å². The van der Waals surface area contributed by atoms with Crippen molar-refractivity contribution in [3.8, 4) is 0 Å². The lowest BCUT2D eigenvalue weighted by atomic mass is 10.1. The fourth-order valence-corrected chi connectivity index (χ4v) is 1.33. The Morgan fingerprint density at radius 3 is 2.60 bits per heavy atom. The van der Waals surface area contributed by atoms with Gasteiger partial charge < -0.3 is 15.7 Å². The number of amides is 2. The molecule has 1 heterocycles. The second kappa shape index (κ2) is 5.52. The first kappa shape index (κ1) is 11.7. The van der Waals surface area contributed by atoms with Crippen molar-refractivity contribution in [2.24, 2.45) is 5.73 Å². The maximum Gasteiger partial charge on any atom is 0.341 e. The van der Waals surface area contributed by atoms with E-state index in [2.05, 4.69) is 10.3 Å². The van der Waals surface area contributed by atoms with Gasteiger partial charge in [-0.1, -0.05) is 0 Å². The molecule has 0 spiro atoms. The molecule has 1 saturated heterocycles. The average molecular weight is 217 g/mol. The maximum absolute atomic E-state index is 11.3. The predicted molar refractivity (Wildman–Crippen MR) is 50.9 cm³/mol. The maximum atomic E-state index is 11.3. The summed E-state index contributed by atoms with van der Waals surface area (Å²) in [5, 5.41) is 8.26. The number of piperidine rings is 1. The first-order valence-electron chi connectivity index (χ1n) is 4.73. The van der Waals surface area contributed by atoms with Crippen LogP contribution in [0.15, 0.2) is 0 Å². The Labute approximate surface area is 87.1 Å². The first-order chi connectivity index (χ1) is 7.09. The summed E-state index contributed by atoms with van der Waals surface area (Å²) in [6.45, 7) is 0.603. The third-order valence-corrected chi connectivity index (χ3v) is 2.18. The topological polar surface area (TPSA) is 105 Å². The van der Waals surface area contributed by atoms with Crippen LogP contribution >= 0.6 is 0 Å². The zero-order chi connectivity index (χ0) is 11.3. The van der Waals surface area contributed by atoms with Gasteiger partial charge in [0.15, 0.2) is 6.61 Å². The van der Waals surface area contributed by atoms with E-state index in [1.54, 1.807) is 4.90 Å². The van der Waals surface area contributed by atoms with Crippen molar-refractivity contribution in [1.29, 1.82) is 0 Å². The van der Waals surface area contributed by atoms with Gasteiger partial charge in [0.25, 0.3) is 0 Å². The lowest BCUT2D eigenvalue weighted by Crippen LogP contribution is -2.47. The lowest BCUT2D eigenvalue weighted by molar-refractivity contribution is -0.144. The molecule has 2 amide bonds. The summed E-state index contributed by atoms with van der Waals surface area (Å²) in [4.78, 5) is 27.4. The molecule has 0 bridgehead atoms. The minimum atomic E-state index is -1.13. The van der Waals surface area contributed by atoms with E-state index in [0.29, 0.717) is 13.1 Å². The Morgan fingerprint density at radius 2 is 2.07 bits per heavy atom. The number of rotatable bonds is 3. The fourth-order valence-electron chi connectivity index (χ4n) is 1.33. The summed E-state index contributed by atoms with van der Waals surface area (Å²) in [5.74, 6) is -1.13. The Bertz CT molecular complexity index is 238. The summed E-state index contributed by atoms with van der Waals surface area (Å²) in [5.41, 5.74) is 7.73. The predicted octanol–water partition coefficient (Wildman–Crippen LogP) is -0.865. The van der Waals surface area contributed by atoms with E-state index in [4.69, 9.17) is 10.8 Å². The molecule has 0 aromatic rings. The molecule has 15 heavy (non-hydrogen) atoms. The van der Waals surface area contributed by atoms with Crippen LogP contribution in [-0.4, -0.2) is 47.7 Å². The number of hydrogen-bond acceptors (Lipinski definition) is 4. The Balaban J connectivity index is 2.19. The second-order valence-corrected chi connectivity index (χ2v) is 3.41. The van der Waals surface area contributed by atoms with Crippen molar-refractivity contribution >= 4 is 12.0 Å². The van der Waals surface area contributed by atoms with Crippen molar-refractivity contribution in [2.45, 2.75) is 18.9 Å². The number of urea groups is 1. The van der Waals surface area contributed by atoms with Gasteiger partial charge in [0.2, 0.25) is 0 Å². The minimum absolute atomic E-state index is 0.147. The highest BCUT2D eigenvalue weighted by molar-refractivity contribution is 5.73. The molecule has 1 aliphatic rings. The number of hydroxylamine groups is 1. The largest absolute Gasteiger partial charge is 0.479 e. The number of carboxylic acid groups (broad SMARTS) is 1. The fraction of sp³-hybridized carbons (Fsp3) is 0.750. The molecule has 7 heteroatoms. The van der Waals surface area contributed by atoms with Crippen molar-refractivity contribution in [1.82, 2.24) is 10.4 Å². The number of carboxylic acids is 1. The molecule has 0 aromatic heterocycles. The second-order valence-electron chi connectivity index (χ2n) is 3.41. The lowest BCUT2D eigenvalue weighted by Gasteiger charge is -2.29. The van der Waals surface area contributed by atoms with Crippen LogP contribution in [0.25, 0.3) is 0 Å². The third kappa shape index (κ3) is 4.13. The number of nitrogens with one attached hydrogen (secondary N) is 1. The van der Waals surface area contributed by atoms with Gasteiger partial charge in [-0.3, -0.25) is 4.84 Å². The molecule has 1 aliphatic heterocycles. The highest BCUT2D eigenvalue weighted by Gasteiger charge is 2.20. The molecule has 4 N–H and O–H groups in total. The number of nitrogens with zero attached hydrogens (tertiary/aromatic N) is 1. The summed E-state index contributed by atoms with van der Waals surface area (Å²) < 4.78 is 0. The monoisotopic (exact) mass is 217 g/mol. The Morgan fingerprint density at radius 1 is 1.47 bits per heavy atom. The molecular weight excluding hydrogens is 202 g/mol. The number of nitrogens with two attached hydrogens (primary N) is 1. The van der Waals surface area contributed by atoms with Gasteiger partial charge in [-0.05, 0) is 12.8 Å². The van der Waals surface area contributed by atoms with Crippen LogP contribution in [0.1, 0.15) is 12.8 Å². The van der Waals surface area contributed by atoms with E-state index in [0.717, 1.165) is 12.8 Å². The molecule has 0 aromatic carbocycles. The number of carbonyl (C=O) groups excluding carboxylic acids is 1. The van der Waals surface area contributed by atoms with E-state index in [1.165, 1.54) is 0 Å². The van der Waals surface area contributed by atoms with Crippen LogP contribution in [0.3, 0.4) is 0 Å². The van der Waals surface area contributed by atoms with Crippen LogP contribution in [0.5, 0.6) is 0 Å². The number of carbonyl (C=O) groups is 2. The van der Waals surface area contributed by atoms with Gasteiger partial charge in [-0.25, -0.2) is 15.1 Å². The highest BCUT2D eigenvalue weighted by Crippen LogP contribution is 2.07. The quantitative estimate of drug-likeness (QED) is 0.533. The molecule has 1 rings (SSSR count). The molecule has 0 radical (unpaired) electrons. The first-order valence-corrected chi connectivity index (χ1v) is 4.73. The number of hydrogen-bond donors (Lipinski definition) is 3. The molecule has 0 unspecified atom stereocenters. The van der Waals surface area contributed by atoms with E-state index in [9.17, 15) is 9.59 Å². The van der Waals surface area contributed by atoms with E-state index >= 15 is 0 Å². The van der Waals surface area contributed by atoms with E-state index < -0.39 is 18.6 Å². The third-order valence-electron chi connectivity index (χ3n) is 2.18. The van der Waals surface area contributed by atoms with E-state index in [1.807, 2.05) is 0 Å². The van der Waals surface area contributed by atoms with Gasteiger partial charge in [-0.15, -0.1) is 0 Å². The van der Waals surface area contributed by atoms with Crippen molar-refractivity contribution in [3.05, 3.63) is 0 Å². The highest BCUT2D eigenvalue weighted by atomic mass is 16.7. The average Bonchev–Trinajstić information content (AvgIpc) is 2.18. The molecule has 0 atom stereocenters. The smallest absolute Gasteiger partial charge is 0.341 e. The summed E-state index contributed by atoms with van der Waals surface area (Å²) in [7, 11) is 0. The number of aliphatic carboxylic acids is 1. The molecule has 7 nitrogen and oxygen atoms in total. The van der Waals surface area contributed by atoms with Gasteiger partial charge >= 0.3 is 12.0 Å². The van der Waals surface area contributed by atoms with Gasteiger partial charge in [0, 0.05) is 19.1 Å². The van der Waals surface area contributed by atoms with Crippen LogP contribution < -0.4 is 11.2 Å². The zero-order valence-electron chi connectivity index (χ0n) is 8.31. The molecule has 0 aliphatic carbocycles. The van der Waals surface area contributed by atoms with Crippen LogP contribution in [0, 0.1) is 0 Å². The summed E-state index contributed by atoms with van der Waals surface area (Å²) in [6.07, 6.45) is 1.51. The Kier molecular flexibility index (Phi) is 4.32. The normalized spacial score (nSPS) is 17.5. The van der Waals surface area contributed by atoms with Gasteiger partial charge in [0.05, 0.1) is 0 Å². The molecule has 0 saturated carbocycles. The zero-order valence-corrected chi connectivity index (χ0v) is 8.31. The van der Waals surface area contributed by atoms with Crippen LogP contribution in [0.2, 0.25) is 0 Å². The van der Waals surface area contributed by atoms with Gasteiger partial charge in [-0.2, -0.15) is 0 Å².